The highest BCUT2D eigenvalue weighted by Crippen LogP contribution is 1.92. The lowest BCUT2D eigenvalue weighted by Crippen LogP contribution is -2.48. The number of amides is 1. The van der Waals surface area contributed by atoms with Crippen molar-refractivity contribution in [3.63, 3.8) is 0 Å². The van der Waals surface area contributed by atoms with Crippen molar-refractivity contribution in [2.45, 2.75) is 32.4 Å². The molecular formula is C9H16N2O5. The molecule has 0 aliphatic heterocycles. The van der Waals surface area contributed by atoms with Gasteiger partial charge in [-0.3, -0.25) is 9.59 Å². The molecule has 0 heterocycles. The molecule has 0 aromatic rings. The van der Waals surface area contributed by atoms with E-state index in [1.54, 1.807) is 6.92 Å². The maximum Gasteiger partial charge on any atom is 0.328 e. The largest absolute Gasteiger partial charge is 0.481 e. The summed E-state index contributed by atoms with van der Waals surface area (Å²) in [6.07, 6.45) is -0.485. The van der Waals surface area contributed by atoms with E-state index < -0.39 is 36.4 Å². The van der Waals surface area contributed by atoms with E-state index in [0.717, 1.165) is 0 Å². The van der Waals surface area contributed by atoms with E-state index >= 15 is 0 Å². The van der Waals surface area contributed by atoms with Crippen LogP contribution in [0.1, 0.15) is 20.3 Å². The summed E-state index contributed by atoms with van der Waals surface area (Å²) in [5.41, 5.74) is 5.30. The number of ether oxygens (including phenoxy) is 1. The third kappa shape index (κ3) is 5.30. The minimum Gasteiger partial charge on any atom is -0.481 e. The van der Waals surface area contributed by atoms with Gasteiger partial charge in [0.05, 0.1) is 19.1 Å². The van der Waals surface area contributed by atoms with Gasteiger partial charge in [-0.2, -0.15) is 0 Å². The van der Waals surface area contributed by atoms with Gasteiger partial charge in [0.1, 0.15) is 6.04 Å². The van der Waals surface area contributed by atoms with Crippen molar-refractivity contribution < 1.29 is 24.2 Å². The van der Waals surface area contributed by atoms with Gasteiger partial charge in [-0.25, -0.2) is 4.79 Å². The zero-order valence-corrected chi connectivity index (χ0v) is 9.23. The Hall–Kier alpha value is -1.63. The number of carboxylic acid groups (broad SMARTS) is 1. The Balaban J connectivity index is 4.12. The number of carbonyl (C=O) groups excluding carboxylic acids is 2. The summed E-state index contributed by atoms with van der Waals surface area (Å²) >= 11 is 0. The fourth-order valence-electron chi connectivity index (χ4n) is 0.927. The van der Waals surface area contributed by atoms with Crippen molar-refractivity contribution in [1.82, 2.24) is 5.32 Å². The van der Waals surface area contributed by atoms with Gasteiger partial charge in [0.25, 0.3) is 0 Å². The summed E-state index contributed by atoms with van der Waals surface area (Å²) in [5, 5.41) is 10.7. The molecule has 0 saturated heterocycles. The standard InChI is InChI=1S/C9H16N2O5/c1-3-16-9(15)5(2)11-8(14)6(10)4-7(12)13/h5-6H,3-4,10H2,1-2H3,(H,11,14)(H,12,13)/t5-,6+/m0/s1. The lowest BCUT2D eigenvalue weighted by atomic mass is 10.2. The maximum absolute atomic E-state index is 11.3. The van der Waals surface area contributed by atoms with Gasteiger partial charge < -0.3 is 20.9 Å². The molecule has 92 valence electrons. The van der Waals surface area contributed by atoms with Crippen molar-refractivity contribution in [1.29, 1.82) is 0 Å². The number of carboxylic acids is 1. The summed E-state index contributed by atoms with van der Waals surface area (Å²) in [4.78, 5) is 32.7. The summed E-state index contributed by atoms with van der Waals surface area (Å²) in [6, 6.07) is -2.01. The number of rotatable bonds is 6. The molecule has 0 spiro atoms. The average Bonchev–Trinajstić information content (AvgIpc) is 2.16. The molecule has 16 heavy (non-hydrogen) atoms. The molecule has 0 aliphatic carbocycles. The van der Waals surface area contributed by atoms with Crippen LogP contribution in [-0.4, -0.2) is 41.6 Å². The Bertz CT molecular complexity index is 279. The Morgan fingerprint density at radius 2 is 2.00 bits per heavy atom. The lowest BCUT2D eigenvalue weighted by Gasteiger charge is -2.15. The smallest absolute Gasteiger partial charge is 0.328 e. The molecule has 2 atom stereocenters. The predicted octanol–water partition coefficient (Wildman–Crippen LogP) is -1.14. The van der Waals surface area contributed by atoms with Crippen molar-refractivity contribution in [2.24, 2.45) is 5.73 Å². The zero-order valence-electron chi connectivity index (χ0n) is 9.23. The number of carbonyl (C=O) groups is 3. The average molecular weight is 232 g/mol. The van der Waals surface area contributed by atoms with E-state index in [9.17, 15) is 14.4 Å². The molecule has 1 amide bonds. The molecule has 7 nitrogen and oxygen atoms in total. The fraction of sp³-hybridized carbons (Fsp3) is 0.667. The minimum absolute atomic E-state index is 0.209. The number of hydrogen-bond donors (Lipinski definition) is 3. The molecule has 0 saturated carbocycles. The molecule has 0 aromatic heterocycles. The molecule has 0 unspecified atom stereocenters. The summed E-state index contributed by atoms with van der Waals surface area (Å²) < 4.78 is 4.65. The van der Waals surface area contributed by atoms with Crippen molar-refractivity contribution >= 4 is 17.8 Å². The van der Waals surface area contributed by atoms with Crippen molar-refractivity contribution in [3.8, 4) is 0 Å². The maximum atomic E-state index is 11.3. The van der Waals surface area contributed by atoms with Gasteiger partial charge in [0.15, 0.2) is 0 Å². The van der Waals surface area contributed by atoms with E-state index in [1.807, 2.05) is 0 Å². The monoisotopic (exact) mass is 232 g/mol. The van der Waals surface area contributed by atoms with E-state index in [2.05, 4.69) is 10.1 Å². The molecule has 0 aliphatic rings. The first-order chi connectivity index (χ1) is 7.38. The number of hydrogen-bond acceptors (Lipinski definition) is 5. The Kier molecular flexibility index (Phi) is 6.09. The Labute approximate surface area is 92.9 Å². The van der Waals surface area contributed by atoms with Crippen LogP contribution < -0.4 is 11.1 Å². The first-order valence-corrected chi connectivity index (χ1v) is 4.82. The van der Waals surface area contributed by atoms with Gasteiger partial charge in [-0.1, -0.05) is 0 Å². The van der Waals surface area contributed by atoms with Crippen LogP contribution in [0, 0.1) is 0 Å². The fourth-order valence-corrected chi connectivity index (χ4v) is 0.927. The van der Waals surface area contributed by atoms with E-state index in [4.69, 9.17) is 10.8 Å². The third-order valence-electron chi connectivity index (χ3n) is 1.73. The molecule has 0 bridgehead atoms. The van der Waals surface area contributed by atoms with Crippen LogP contribution in [-0.2, 0) is 19.1 Å². The molecule has 0 rings (SSSR count). The van der Waals surface area contributed by atoms with Crippen LogP contribution in [0.3, 0.4) is 0 Å². The zero-order chi connectivity index (χ0) is 12.7. The SMILES string of the molecule is CCOC(=O)[C@H](C)NC(=O)[C@H](N)CC(=O)O. The summed E-state index contributed by atoms with van der Waals surface area (Å²) in [6.45, 7) is 3.28. The van der Waals surface area contributed by atoms with Crippen molar-refractivity contribution in [2.75, 3.05) is 6.61 Å². The topological polar surface area (TPSA) is 119 Å². The van der Waals surface area contributed by atoms with Crippen LogP contribution in [0.15, 0.2) is 0 Å². The first kappa shape index (κ1) is 14.4. The Morgan fingerprint density at radius 1 is 1.44 bits per heavy atom. The number of aliphatic carboxylic acids is 1. The van der Waals surface area contributed by atoms with Crippen LogP contribution in [0.2, 0.25) is 0 Å². The minimum atomic E-state index is -1.17. The number of nitrogens with two attached hydrogens (primary N) is 1. The first-order valence-electron chi connectivity index (χ1n) is 4.82. The second kappa shape index (κ2) is 6.78. The van der Waals surface area contributed by atoms with Gasteiger partial charge in [-0.05, 0) is 13.8 Å². The Morgan fingerprint density at radius 3 is 2.44 bits per heavy atom. The third-order valence-corrected chi connectivity index (χ3v) is 1.73. The summed E-state index contributed by atoms with van der Waals surface area (Å²) in [5.74, 6) is -2.45. The van der Waals surface area contributed by atoms with E-state index in [1.165, 1.54) is 6.92 Å². The van der Waals surface area contributed by atoms with Crippen LogP contribution >= 0.6 is 0 Å². The highest BCUT2D eigenvalue weighted by atomic mass is 16.5. The quantitative estimate of drug-likeness (QED) is 0.498. The van der Waals surface area contributed by atoms with Gasteiger partial charge in [0, 0.05) is 0 Å². The second-order valence-corrected chi connectivity index (χ2v) is 3.19. The highest BCUT2D eigenvalue weighted by molar-refractivity contribution is 5.89. The lowest BCUT2D eigenvalue weighted by molar-refractivity contribution is -0.147. The molecule has 0 fully saturated rings. The highest BCUT2D eigenvalue weighted by Gasteiger charge is 2.22. The molecule has 0 aromatic carbocycles. The van der Waals surface area contributed by atoms with Crippen LogP contribution in [0.25, 0.3) is 0 Å². The molecule has 7 heteroatoms. The number of esters is 1. The van der Waals surface area contributed by atoms with Crippen molar-refractivity contribution in [3.05, 3.63) is 0 Å². The molecular weight excluding hydrogens is 216 g/mol. The van der Waals surface area contributed by atoms with E-state index in [0.29, 0.717) is 0 Å². The molecule has 4 N–H and O–H groups in total. The van der Waals surface area contributed by atoms with Gasteiger partial charge >= 0.3 is 11.9 Å². The number of nitrogens with one attached hydrogen (secondary N) is 1. The molecule has 0 radical (unpaired) electrons. The van der Waals surface area contributed by atoms with Gasteiger partial charge in [-0.15, -0.1) is 0 Å². The summed E-state index contributed by atoms with van der Waals surface area (Å²) in [7, 11) is 0. The second-order valence-electron chi connectivity index (χ2n) is 3.19. The van der Waals surface area contributed by atoms with Gasteiger partial charge in [0.2, 0.25) is 5.91 Å². The van der Waals surface area contributed by atoms with E-state index in [-0.39, 0.29) is 6.61 Å². The van der Waals surface area contributed by atoms with Crippen LogP contribution in [0.4, 0.5) is 0 Å². The predicted molar refractivity (Wildman–Crippen MR) is 54.5 cm³/mol. The van der Waals surface area contributed by atoms with Crippen LogP contribution in [0.5, 0.6) is 0 Å². The normalized spacial score (nSPS) is 13.7.